The Kier molecular flexibility index (Phi) is 8.50. The molecule has 1 aliphatic carbocycles. The van der Waals surface area contributed by atoms with Gasteiger partial charge in [0.05, 0.1) is 11.9 Å². The first kappa shape index (κ1) is 26.1. The molecule has 0 amide bonds. The molecule has 2 unspecified atom stereocenters. The van der Waals surface area contributed by atoms with Crippen LogP contribution in [0.25, 0.3) is 0 Å². The maximum absolute atomic E-state index is 12.2. The number of nitrogens with two attached hydrogens (primary N) is 1. The van der Waals surface area contributed by atoms with Crippen molar-refractivity contribution in [1.82, 2.24) is 15.4 Å². The lowest BCUT2D eigenvalue weighted by molar-refractivity contribution is 0.164. The predicted molar refractivity (Wildman–Crippen MR) is 141 cm³/mol. The van der Waals surface area contributed by atoms with Crippen LogP contribution in [0.2, 0.25) is 0 Å². The lowest BCUT2D eigenvalue weighted by Gasteiger charge is -2.50. The van der Waals surface area contributed by atoms with E-state index in [0.29, 0.717) is 13.0 Å². The zero-order chi connectivity index (χ0) is 24.9. The average Bonchev–Trinajstić information content (AvgIpc) is 2.80. The fourth-order valence-electron chi connectivity index (χ4n) is 5.33. The first-order valence-corrected chi connectivity index (χ1v) is 14.5. The number of rotatable bonds is 12. The molecule has 192 valence electrons. The molecule has 2 aliphatic rings. The van der Waals surface area contributed by atoms with Crippen molar-refractivity contribution < 1.29 is 13.2 Å². The second-order valence-corrected chi connectivity index (χ2v) is 12.0. The van der Waals surface area contributed by atoms with Crippen molar-refractivity contribution in [1.29, 1.82) is 0 Å². The molecular weight excluding hydrogens is 460 g/mol. The van der Waals surface area contributed by atoms with E-state index < -0.39 is 10.0 Å². The van der Waals surface area contributed by atoms with Crippen LogP contribution in [-0.4, -0.2) is 46.6 Å². The van der Waals surface area contributed by atoms with Crippen molar-refractivity contribution in [3.63, 3.8) is 0 Å². The van der Waals surface area contributed by atoms with Crippen LogP contribution >= 0.6 is 0 Å². The van der Waals surface area contributed by atoms with E-state index in [1.165, 1.54) is 41.5 Å². The van der Waals surface area contributed by atoms with Crippen LogP contribution in [0.3, 0.4) is 0 Å². The smallest absolute Gasteiger partial charge is 0.211 e. The Morgan fingerprint density at radius 3 is 2.63 bits per heavy atom. The molecule has 2 aromatic carbocycles. The summed E-state index contributed by atoms with van der Waals surface area (Å²) in [6.07, 6.45) is 4.99. The normalized spacial score (nSPS) is 20.0. The van der Waals surface area contributed by atoms with Gasteiger partial charge < -0.3 is 21.1 Å². The minimum absolute atomic E-state index is 0.0695. The van der Waals surface area contributed by atoms with Crippen molar-refractivity contribution >= 4 is 10.0 Å². The molecule has 5 N–H and O–H groups in total. The molecule has 35 heavy (non-hydrogen) atoms. The van der Waals surface area contributed by atoms with E-state index in [4.69, 9.17) is 10.5 Å². The zero-order valence-electron chi connectivity index (χ0n) is 21.0. The van der Waals surface area contributed by atoms with E-state index in [1.807, 2.05) is 13.0 Å². The monoisotopic (exact) mass is 500 g/mol. The summed E-state index contributed by atoms with van der Waals surface area (Å²) in [5.41, 5.74) is 11.1. The molecule has 1 aliphatic heterocycles. The van der Waals surface area contributed by atoms with Gasteiger partial charge in [-0.25, -0.2) is 13.1 Å². The van der Waals surface area contributed by atoms with Gasteiger partial charge in [-0.2, -0.15) is 0 Å². The molecule has 0 bridgehead atoms. The number of fused-ring (bicyclic) bond motifs is 1. The quantitative estimate of drug-likeness (QED) is 0.264. The summed E-state index contributed by atoms with van der Waals surface area (Å²) in [4.78, 5) is 0. The third kappa shape index (κ3) is 6.43. The van der Waals surface area contributed by atoms with Crippen LogP contribution in [0.5, 0.6) is 5.75 Å². The molecule has 1 fully saturated rings. The molecule has 0 spiro atoms. The molecule has 1 heterocycles. The van der Waals surface area contributed by atoms with Gasteiger partial charge in [0.2, 0.25) is 10.0 Å². The molecule has 0 radical (unpaired) electrons. The van der Waals surface area contributed by atoms with E-state index in [1.54, 1.807) is 0 Å². The van der Waals surface area contributed by atoms with E-state index >= 15 is 0 Å². The Balaban J connectivity index is 1.37. The first-order chi connectivity index (χ1) is 16.8. The molecule has 1 saturated carbocycles. The molecule has 8 heteroatoms. The van der Waals surface area contributed by atoms with Crippen LogP contribution < -0.4 is 25.8 Å². The van der Waals surface area contributed by atoms with Crippen molar-refractivity contribution in [2.75, 3.05) is 32.0 Å². The fourth-order valence-corrected chi connectivity index (χ4v) is 6.39. The van der Waals surface area contributed by atoms with Crippen LogP contribution in [0.4, 0.5) is 0 Å². The Labute approximate surface area is 210 Å². The van der Waals surface area contributed by atoms with Crippen molar-refractivity contribution in [2.24, 2.45) is 5.73 Å². The molecule has 4 rings (SSSR count). The summed E-state index contributed by atoms with van der Waals surface area (Å²) < 4.78 is 33.0. The van der Waals surface area contributed by atoms with Crippen molar-refractivity contribution in [3.8, 4) is 5.75 Å². The number of sulfonamides is 1. The van der Waals surface area contributed by atoms with Crippen molar-refractivity contribution in [2.45, 2.75) is 63.6 Å². The van der Waals surface area contributed by atoms with Crippen LogP contribution in [0, 0.1) is 6.92 Å². The number of hydrogen-bond acceptors (Lipinski definition) is 6. The highest BCUT2D eigenvalue weighted by Gasteiger charge is 2.47. The van der Waals surface area contributed by atoms with Gasteiger partial charge in [0.1, 0.15) is 12.4 Å². The van der Waals surface area contributed by atoms with E-state index in [9.17, 15) is 8.42 Å². The van der Waals surface area contributed by atoms with Gasteiger partial charge in [0, 0.05) is 18.0 Å². The highest BCUT2D eigenvalue weighted by atomic mass is 32.2. The molecule has 0 aromatic heterocycles. The average molecular weight is 501 g/mol. The zero-order valence-corrected chi connectivity index (χ0v) is 21.8. The maximum atomic E-state index is 12.2. The summed E-state index contributed by atoms with van der Waals surface area (Å²) in [6.45, 7) is 6.05. The Bertz CT molecular complexity index is 1080. The van der Waals surface area contributed by atoms with Crippen molar-refractivity contribution in [3.05, 3.63) is 64.7 Å². The van der Waals surface area contributed by atoms with Gasteiger partial charge in [0.25, 0.3) is 0 Å². The summed E-state index contributed by atoms with van der Waals surface area (Å²) in [7, 11) is -3.33. The number of hydrogen-bond donors (Lipinski definition) is 4. The van der Waals surface area contributed by atoms with Gasteiger partial charge in [-0.1, -0.05) is 42.3 Å². The van der Waals surface area contributed by atoms with Gasteiger partial charge in [-0.15, -0.1) is 0 Å². The lowest BCUT2D eigenvalue weighted by atomic mass is 9.58. The topological polar surface area (TPSA) is 105 Å². The fraction of sp³-hybridized carbons (Fsp3) is 0.556. The largest absolute Gasteiger partial charge is 0.492 e. The first-order valence-electron chi connectivity index (χ1n) is 12.8. The van der Waals surface area contributed by atoms with Crippen LogP contribution in [0.15, 0.2) is 42.5 Å². The summed E-state index contributed by atoms with van der Waals surface area (Å²) >= 11 is 0. The third-order valence-corrected chi connectivity index (χ3v) is 8.81. The molecule has 2 aromatic rings. The van der Waals surface area contributed by atoms with Gasteiger partial charge in [-0.05, 0) is 81.4 Å². The highest BCUT2D eigenvalue weighted by Crippen LogP contribution is 2.53. The third-order valence-electron chi connectivity index (χ3n) is 7.34. The maximum Gasteiger partial charge on any atom is 0.211 e. The Morgan fingerprint density at radius 2 is 1.94 bits per heavy atom. The van der Waals surface area contributed by atoms with Gasteiger partial charge in [-0.3, -0.25) is 0 Å². The Morgan fingerprint density at radius 1 is 1.17 bits per heavy atom. The molecule has 2 atom stereocenters. The summed E-state index contributed by atoms with van der Waals surface area (Å²) in [5.74, 6) is 0.858. The predicted octanol–water partition coefficient (Wildman–Crippen LogP) is 2.89. The van der Waals surface area contributed by atoms with Gasteiger partial charge >= 0.3 is 0 Å². The lowest BCUT2D eigenvalue weighted by Crippen LogP contribution is -2.49. The van der Waals surface area contributed by atoms with E-state index in [0.717, 1.165) is 18.7 Å². The second kappa shape index (κ2) is 11.4. The number of nitrogens with one attached hydrogen (secondary N) is 3. The highest BCUT2D eigenvalue weighted by molar-refractivity contribution is 7.89. The summed E-state index contributed by atoms with van der Waals surface area (Å²) in [5, 5.41) is 6.84. The number of aryl methyl sites for hydroxylation is 1. The molecule has 7 nitrogen and oxygen atoms in total. The van der Waals surface area contributed by atoms with Crippen LogP contribution in [-0.2, 0) is 21.9 Å². The summed E-state index contributed by atoms with van der Waals surface area (Å²) in [6, 6.07) is 15.6. The van der Waals surface area contributed by atoms with Gasteiger partial charge in [0.15, 0.2) is 0 Å². The Hall–Kier alpha value is -1.97. The van der Waals surface area contributed by atoms with E-state index in [2.05, 4.69) is 58.7 Å². The SMILES string of the molecule is Cc1ccc(C2(C3NCCc4ccc(OCCNS(=O)(=O)CCCNC(C)N)cc43)CCC2)cc1. The number of benzene rings is 2. The minimum atomic E-state index is -3.33. The van der Waals surface area contributed by atoms with E-state index in [-0.39, 0.29) is 36.5 Å². The molecular formula is C27H40N4O3S. The minimum Gasteiger partial charge on any atom is -0.492 e. The standard InChI is InChI=1S/C27H40N4O3S/c1-20-5-8-23(9-6-20)27(12-3-13-27)26-25-19-24(10-7-22(25)11-15-30-26)34-17-16-31-35(32,33)18-4-14-29-21(2)28/h5-10,19,21,26,29-31H,3-4,11-18,28H2,1-2H3. The second-order valence-electron chi connectivity index (χ2n) is 10.0. The molecule has 0 saturated heterocycles. The van der Waals surface area contributed by atoms with Crippen LogP contribution in [0.1, 0.15) is 60.9 Å². The number of ether oxygens (including phenoxy) is 1.